The number of hydrogen-bond acceptors (Lipinski definition) is 3. The average molecular weight is 459 g/mol. The molecule has 0 radical (unpaired) electrons. The minimum Gasteiger partial charge on any atom is -0.467 e. The fraction of sp³-hybridized carbons (Fsp3) is 0.333. The van der Waals surface area contributed by atoms with Gasteiger partial charge in [0.15, 0.2) is 0 Å². The number of furan rings is 1. The zero-order valence-electron chi connectivity index (χ0n) is 18.9. The molecule has 1 aromatic carbocycles. The first-order valence-corrected chi connectivity index (χ1v) is 10.7. The van der Waals surface area contributed by atoms with E-state index in [1.165, 1.54) is 11.2 Å². The normalized spacial score (nSPS) is 11.8. The van der Waals surface area contributed by atoms with Gasteiger partial charge in [-0.25, -0.2) is 13.6 Å². The molecule has 9 heteroatoms. The third kappa shape index (κ3) is 6.21. The van der Waals surface area contributed by atoms with Gasteiger partial charge >= 0.3 is 6.03 Å². The SMILES string of the molecule is CCC(C)N(CC(=O)N(Cc1ccco1)Cc1cccn1C)C(=O)Nc1ccc(F)cc1F. The van der Waals surface area contributed by atoms with Gasteiger partial charge in [0.05, 0.1) is 25.0 Å². The van der Waals surface area contributed by atoms with Crippen LogP contribution < -0.4 is 5.32 Å². The van der Waals surface area contributed by atoms with Crippen molar-refractivity contribution in [3.8, 4) is 0 Å². The number of anilines is 1. The van der Waals surface area contributed by atoms with E-state index in [4.69, 9.17) is 4.42 Å². The van der Waals surface area contributed by atoms with Crippen LogP contribution in [0.25, 0.3) is 0 Å². The number of nitrogens with one attached hydrogen (secondary N) is 1. The van der Waals surface area contributed by atoms with E-state index in [1.54, 1.807) is 17.0 Å². The van der Waals surface area contributed by atoms with Gasteiger partial charge in [0.25, 0.3) is 0 Å². The van der Waals surface area contributed by atoms with E-state index in [1.807, 2.05) is 43.8 Å². The molecule has 0 aliphatic rings. The Morgan fingerprint density at radius 3 is 2.55 bits per heavy atom. The second-order valence-electron chi connectivity index (χ2n) is 7.88. The minimum absolute atomic E-state index is 0.154. The topological polar surface area (TPSA) is 70.7 Å². The lowest BCUT2D eigenvalue weighted by Gasteiger charge is -2.31. The van der Waals surface area contributed by atoms with E-state index < -0.39 is 17.7 Å². The predicted octanol–water partition coefficient (Wildman–Crippen LogP) is 4.76. The van der Waals surface area contributed by atoms with E-state index in [-0.39, 0.29) is 30.7 Å². The molecular formula is C24H28F2N4O3. The van der Waals surface area contributed by atoms with Gasteiger partial charge in [0, 0.05) is 31.0 Å². The molecule has 2 aromatic heterocycles. The van der Waals surface area contributed by atoms with Gasteiger partial charge in [-0.1, -0.05) is 6.92 Å². The highest BCUT2D eigenvalue weighted by atomic mass is 19.1. The monoisotopic (exact) mass is 458 g/mol. The first kappa shape index (κ1) is 24.0. The minimum atomic E-state index is -0.887. The highest BCUT2D eigenvalue weighted by molar-refractivity contribution is 5.92. The van der Waals surface area contributed by atoms with Gasteiger partial charge in [-0.15, -0.1) is 0 Å². The maximum atomic E-state index is 14.0. The molecule has 1 N–H and O–H groups in total. The third-order valence-electron chi connectivity index (χ3n) is 5.55. The zero-order chi connectivity index (χ0) is 24.0. The number of urea groups is 1. The van der Waals surface area contributed by atoms with Crippen LogP contribution in [0.4, 0.5) is 19.3 Å². The molecule has 1 atom stereocenters. The van der Waals surface area contributed by atoms with Crippen molar-refractivity contribution in [2.24, 2.45) is 7.05 Å². The maximum absolute atomic E-state index is 14.0. The van der Waals surface area contributed by atoms with Crippen LogP contribution in [0.2, 0.25) is 0 Å². The largest absolute Gasteiger partial charge is 0.467 e. The molecule has 1 unspecified atom stereocenters. The third-order valence-corrected chi connectivity index (χ3v) is 5.55. The van der Waals surface area contributed by atoms with Gasteiger partial charge in [-0.2, -0.15) is 0 Å². The summed E-state index contributed by atoms with van der Waals surface area (Å²) in [6.45, 7) is 4.04. The smallest absolute Gasteiger partial charge is 0.322 e. The Labute approximate surface area is 191 Å². The van der Waals surface area contributed by atoms with E-state index >= 15 is 0 Å². The van der Waals surface area contributed by atoms with Gasteiger partial charge in [-0.3, -0.25) is 4.79 Å². The Morgan fingerprint density at radius 1 is 1.15 bits per heavy atom. The lowest BCUT2D eigenvalue weighted by atomic mass is 10.2. The number of aromatic nitrogens is 1. The van der Waals surface area contributed by atoms with E-state index in [9.17, 15) is 18.4 Å². The quantitative estimate of drug-likeness (QED) is 0.503. The van der Waals surface area contributed by atoms with Crippen LogP contribution in [0.1, 0.15) is 31.7 Å². The van der Waals surface area contributed by atoms with Crippen molar-refractivity contribution in [3.63, 3.8) is 0 Å². The second kappa shape index (κ2) is 10.8. The van der Waals surface area contributed by atoms with Crippen molar-refractivity contribution in [1.82, 2.24) is 14.4 Å². The van der Waals surface area contributed by atoms with Crippen molar-refractivity contribution in [2.75, 3.05) is 11.9 Å². The van der Waals surface area contributed by atoms with Gasteiger partial charge in [-0.05, 0) is 49.7 Å². The molecule has 0 fully saturated rings. The molecule has 0 spiro atoms. The van der Waals surface area contributed by atoms with Gasteiger partial charge in [0.2, 0.25) is 5.91 Å². The molecule has 3 aromatic rings. The Balaban J connectivity index is 1.79. The van der Waals surface area contributed by atoms with E-state index in [2.05, 4.69) is 5.32 Å². The van der Waals surface area contributed by atoms with Crippen molar-refractivity contribution >= 4 is 17.6 Å². The van der Waals surface area contributed by atoms with Gasteiger partial charge in [0.1, 0.15) is 23.9 Å². The molecule has 0 aliphatic heterocycles. The molecule has 176 valence electrons. The van der Waals surface area contributed by atoms with Gasteiger partial charge < -0.3 is 24.1 Å². The van der Waals surface area contributed by atoms with Crippen LogP contribution in [-0.4, -0.2) is 38.9 Å². The molecule has 3 rings (SSSR count). The van der Waals surface area contributed by atoms with Crippen molar-refractivity contribution in [1.29, 1.82) is 0 Å². The highest BCUT2D eigenvalue weighted by Crippen LogP contribution is 2.18. The van der Waals surface area contributed by atoms with E-state index in [0.29, 0.717) is 24.8 Å². The molecule has 3 amide bonds. The summed E-state index contributed by atoms with van der Waals surface area (Å²) in [5.74, 6) is -1.30. The summed E-state index contributed by atoms with van der Waals surface area (Å²) in [7, 11) is 1.89. The summed E-state index contributed by atoms with van der Waals surface area (Å²) >= 11 is 0. The summed E-state index contributed by atoms with van der Waals surface area (Å²) in [5.41, 5.74) is 0.765. The van der Waals surface area contributed by atoms with Crippen LogP contribution in [0.15, 0.2) is 59.3 Å². The number of benzene rings is 1. The van der Waals surface area contributed by atoms with Crippen LogP contribution in [0.5, 0.6) is 0 Å². The maximum Gasteiger partial charge on any atom is 0.322 e. The average Bonchev–Trinajstić information content (AvgIpc) is 3.44. The Bertz CT molecular complexity index is 1080. The van der Waals surface area contributed by atoms with Crippen molar-refractivity contribution < 1.29 is 22.8 Å². The molecule has 33 heavy (non-hydrogen) atoms. The Kier molecular flexibility index (Phi) is 7.87. The van der Waals surface area contributed by atoms with Crippen LogP contribution >= 0.6 is 0 Å². The van der Waals surface area contributed by atoms with Crippen LogP contribution in [0.3, 0.4) is 0 Å². The lowest BCUT2D eigenvalue weighted by molar-refractivity contribution is -0.133. The molecule has 0 saturated carbocycles. The Morgan fingerprint density at radius 2 is 1.94 bits per heavy atom. The van der Waals surface area contributed by atoms with Crippen LogP contribution in [-0.2, 0) is 24.9 Å². The number of amides is 3. The fourth-order valence-corrected chi connectivity index (χ4v) is 3.35. The molecule has 0 saturated heterocycles. The number of carbonyl (C=O) groups excluding carboxylic acids is 2. The molecular weight excluding hydrogens is 430 g/mol. The molecule has 2 heterocycles. The Hall–Kier alpha value is -3.62. The summed E-state index contributed by atoms with van der Waals surface area (Å²) in [5, 5.41) is 2.45. The first-order chi connectivity index (χ1) is 15.8. The second-order valence-corrected chi connectivity index (χ2v) is 7.88. The molecule has 0 bridgehead atoms. The fourth-order valence-electron chi connectivity index (χ4n) is 3.35. The predicted molar refractivity (Wildman–Crippen MR) is 120 cm³/mol. The number of carbonyl (C=O) groups is 2. The number of hydrogen-bond donors (Lipinski definition) is 1. The number of rotatable bonds is 9. The summed E-state index contributed by atoms with van der Waals surface area (Å²) in [6, 6.07) is 9.30. The summed E-state index contributed by atoms with van der Waals surface area (Å²) in [6.07, 6.45) is 4.01. The van der Waals surface area contributed by atoms with Crippen molar-refractivity contribution in [3.05, 3.63) is 78.0 Å². The number of nitrogens with zero attached hydrogens (tertiary/aromatic N) is 3. The van der Waals surface area contributed by atoms with Crippen LogP contribution in [0, 0.1) is 11.6 Å². The number of aryl methyl sites for hydroxylation is 1. The van der Waals surface area contributed by atoms with E-state index in [0.717, 1.165) is 17.8 Å². The summed E-state index contributed by atoms with van der Waals surface area (Å²) in [4.78, 5) is 29.3. The summed E-state index contributed by atoms with van der Waals surface area (Å²) < 4.78 is 34.6. The zero-order valence-corrected chi connectivity index (χ0v) is 18.9. The standard InChI is InChI=1S/C24H28F2N4O3/c1-4-17(2)30(24(32)27-22-10-9-18(25)13-21(22)26)16-23(31)29(15-20-8-6-12-33-20)14-19-7-5-11-28(19)3/h5-13,17H,4,14-16H2,1-3H3,(H,27,32). The molecule has 0 aliphatic carbocycles. The lowest BCUT2D eigenvalue weighted by Crippen LogP contribution is -2.48. The first-order valence-electron chi connectivity index (χ1n) is 10.7. The number of halogens is 2. The molecule has 7 nitrogen and oxygen atoms in total. The highest BCUT2D eigenvalue weighted by Gasteiger charge is 2.26. The van der Waals surface area contributed by atoms with Crippen molar-refractivity contribution in [2.45, 2.75) is 39.4 Å².